The molecule has 23 heavy (non-hydrogen) atoms. The maximum Gasteiger partial charge on any atom is 0.416 e. The normalized spacial score (nSPS) is 12.4. The molecule has 0 spiro atoms. The summed E-state index contributed by atoms with van der Waals surface area (Å²) in [5.74, 6) is -0.452. The third kappa shape index (κ3) is 7.58. The van der Waals surface area contributed by atoms with Crippen LogP contribution in [0.15, 0.2) is 24.3 Å². The van der Waals surface area contributed by atoms with Crippen LogP contribution in [-0.2, 0) is 10.9 Å². The summed E-state index contributed by atoms with van der Waals surface area (Å²) in [6.45, 7) is 5.52. The zero-order valence-corrected chi connectivity index (χ0v) is 13.2. The molecule has 0 saturated heterocycles. The van der Waals surface area contributed by atoms with E-state index >= 15 is 0 Å². The minimum atomic E-state index is -4.51. The van der Waals surface area contributed by atoms with Gasteiger partial charge in [0.05, 0.1) is 5.56 Å². The van der Waals surface area contributed by atoms with Crippen LogP contribution in [0.4, 0.5) is 18.0 Å². The highest BCUT2D eigenvalue weighted by atomic mass is 19.4. The maximum absolute atomic E-state index is 12.6. The van der Waals surface area contributed by atoms with E-state index in [1.165, 1.54) is 12.1 Å². The minimum Gasteiger partial charge on any atom is -0.508 e. The van der Waals surface area contributed by atoms with Gasteiger partial charge in [-0.1, -0.05) is 12.2 Å². The van der Waals surface area contributed by atoms with E-state index in [0.717, 1.165) is 6.07 Å². The topological polar surface area (TPSA) is 58.6 Å². The summed E-state index contributed by atoms with van der Waals surface area (Å²) in [7, 11) is 0. The molecule has 128 valence electrons. The van der Waals surface area contributed by atoms with Gasteiger partial charge in [0, 0.05) is 6.54 Å². The lowest BCUT2D eigenvalue weighted by molar-refractivity contribution is -0.137. The summed E-state index contributed by atoms with van der Waals surface area (Å²) in [5, 5.41) is 11.9. The van der Waals surface area contributed by atoms with Crippen molar-refractivity contribution in [2.24, 2.45) is 0 Å². The Kier molecular flexibility index (Phi) is 6.06. The number of carbonyl (C=O) groups is 1. The number of aromatic hydroxyl groups is 1. The van der Waals surface area contributed by atoms with Crippen molar-refractivity contribution in [3.63, 3.8) is 0 Å². The molecular formula is C16H20F3NO3. The molecular weight excluding hydrogens is 311 g/mol. The van der Waals surface area contributed by atoms with Gasteiger partial charge in [-0.05, 0) is 51.0 Å². The minimum absolute atomic E-state index is 0.231. The smallest absolute Gasteiger partial charge is 0.416 e. The van der Waals surface area contributed by atoms with Gasteiger partial charge < -0.3 is 15.2 Å². The van der Waals surface area contributed by atoms with Gasteiger partial charge in [0.25, 0.3) is 0 Å². The van der Waals surface area contributed by atoms with Gasteiger partial charge in [0.1, 0.15) is 11.4 Å². The fourth-order valence-electron chi connectivity index (χ4n) is 1.69. The Morgan fingerprint density at radius 2 is 1.91 bits per heavy atom. The van der Waals surface area contributed by atoms with E-state index in [2.05, 4.69) is 5.32 Å². The highest BCUT2D eigenvalue weighted by Gasteiger charge is 2.31. The summed E-state index contributed by atoms with van der Waals surface area (Å²) in [4.78, 5) is 11.4. The number of rotatable bonds is 4. The Balaban J connectivity index is 2.53. The molecule has 0 radical (unpaired) electrons. The first-order chi connectivity index (χ1) is 10.5. The van der Waals surface area contributed by atoms with Crippen molar-refractivity contribution in [2.75, 3.05) is 6.54 Å². The van der Waals surface area contributed by atoms with Crippen LogP contribution in [0.1, 0.15) is 38.3 Å². The number of benzene rings is 1. The van der Waals surface area contributed by atoms with Crippen LogP contribution in [0, 0.1) is 0 Å². The van der Waals surface area contributed by atoms with E-state index in [-0.39, 0.29) is 12.1 Å². The Labute approximate surface area is 133 Å². The van der Waals surface area contributed by atoms with Crippen molar-refractivity contribution in [1.82, 2.24) is 5.32 Å². The molecule has 0 aliphatic carbocycles. The lowest BCUT2D eigenvalue weighted by Gasteiger charge is -2.19. The van der Waals surface area contributed by atoms with Crippen LogP contribution in [0.25, 0.3) is 6.08 Å². The van der Waals surface area contributed by atoms with Crippen molar-refractivity contribution in [1.29, 1.82) is 0 Å². The Morgan fingerprint density at radius 1 is 1.26 bits per heavy atom. The molecule has 0 fully saturated rings. The number of phenolic OH excluding ortho intramolecular Hbond substituents is 1. The molecule has 7 heteroatoms. The van der Waals surface area contributed by atoms with Gasteiger partial charge >= 0.3 is 12.3 Å². The van der Waals surface area contributed by atoms with Crippen LogP contribution in [-0.4, -0.2) is 23.3 Å². The second-order valence-electron chi connectivity index (χ2n) is 5.93. The first-order valence-corrected chi connectivity index (χ1v) is 7.02. The molecule has 0 saturated carbocycles. The maximum atomic E-state index is 12.6. The number of hydrogen-bond acceptors (Lipinski definition) is 3. The average molecular weight is 331 g/mol. The standard InChI is InChI=1S/C16H20F3NO3/c1-15(2,3)23-14(22)20-7-5-4-6-11-8-12(16(17,18)19)10-13(21)9-11/h4,6,8-10,21H,5,7H2,1-3H3,(H,20,22). The van der Waals surface area contributed by atoms with E-state index in [9.17, 15) is 23.1 Å². The molecule has 1 aromatic rings. The number of carbonyl (C=O) groups excluding carboxylic acids is 1. The lowest BCUT2D eigenvalue weighted by atomic mass is 10.1. The summed E-state index contributed by atoms with van der Waals surface area (Å²) in [6.07, 6.45) is -1.60. The number of phenols is 1. The second-order valence-corrected chi connectivity index (χ2v) is 5.93. The fraction of sp³-hybridized carbons (Fsp3) is 0.438. The summed E-state index contributed by atoms with van der Waals surface area (Å²) >= 11 is 0. The highest BCUT2D eigenvalue weighted by molar-refractivity contribution is 5.67. The molecule has 0 bridgehead atoms. The molecule has 0 aliphatic heterocycles. The molecule has 2 N–H and O–H groups in total. The number of hydrogen-bond donors (Lipinski definition) is 2. The fourth-order valence-corrected chi connectivity index (χ4v) is 1.69. The van der Waals surface area contributed by atoms with Gasteiger partial charge in [-0.3, -0.25) is 0 Å². The van der Waals surface area contributed by atoms with Crippen LogP contribution in [0.3, 0.4) is 0 Å². The van der Waals surface area contributed by atoms with Crippen LogP contribution in [0.2, 0.25) is 0 Å². The van der Waals surface area contributed by atoms with Gasteiger partial charge in [-0.25, -0.2) is 4.79 Å². The molecule has 1 rings (SSSR count). The SMILES string of the molecule is CC(C)(C)OC(=O)NCCC=Cc1cc(O)cc(C(F)(F)F)c1. The number of ether oxygens (including phenoxy) is 1. The van der Waals surface area contributed by atoms with E-state index in [1.54, 1.807) is 26.8 Å². The number of amides is 1. The third-order valence-corrected chi connectivity index (χ3v) is 2.56. The third-order valence-electron chi connectivity index (χ3n) is 2.56. The zero-order valence-electron chi connectivity index (χ0n) is 13.2. The zero-order chi connectivity index (χ0) is 17.7. The first-order valence-electron chi connectivity index (χ1n) is 7.02. The number of halogens is 3. The Hall–Kier alpha value is -2.18. The van der Waals surface area contributed by atoms with Gasteiger partial charge in [0.2, 0.25) is 0 Å². The van der Waals surface area contributed by atoms with Gasteiger partial charge in [0.15, 0.2) is 0 Å². The highest BCUT2D eigenvalue weighted by Crippen LogP contribution is 2.32. The van der Waals surface area contributed by atoms with Crippen molar-refractivity contribution >= 4 is 12.2 Å². The van der Waals surface area contributed by atoms with E-state index in [0.29, 0.717) is 12.5 Å². The van der Waals surface area contributed by atoms with E-state index in [1.807, 2.05) is 0 Å². The number of alkyl carbamates (subject to hydrolysis) is 1. The van der Waals surface area contributed by atoms with Gasteiger partial charge in [-0.15, -0.1) is 0 Å². The van der Waals surface area contributed by atoms with Crippen LogP contribution >= 0.6 is 0 Å². The largest absolute Gasteiger partial charge is 0.508 e. The van der Waals surface area contributed by atoms with Crippen molar-refractivity contribution < 1.29 is 27.8 Å². The molecule has 0 heterocycles. The molecule has 1 amide bonds. The number of alkyl halides is 3. The summed E-state index contributed by atoms with van der Waals surface area (Å²) < 4.78 is 42.9. The summed E-state index contributed by atoms with van der Waals surface area (Å²) in [6, 6.07) is 2.84. The average Bonchev–Trinajstić information content (AvgIpc) is 2.34. The predicted molar refractivity (Wildman–Crippen MR) is 81.0 cm³/mol. The molecule has 0 aromatic heterocycles. The number of nitrogens with one attached hydrogen (secondary N) is 1. The Bertz CT molecular complexity index is 575. The predicted octanol–water partition coefficient (Wildman–Crippen LogP) is 4.34. The molecule has 0 unspecified atom stereocenters. The molecule has 0 atom stereocenters. The van der Waals surface area contributed by atoms with Crippen molar-refractivity contribution in [3.05, 3.63) is 35.4 Å². The van der Waals surface area contributed by atoms with Crippen molar-refractivity contribution in [2.45, 2.75) is 39.0 Å². The van der Waals surface area contributed by atoms with E-state index < -0.39 is 29.2 Å². The Morgan fingerprint density at radius 3 is 2.48 bits per heavy atom. The first kappa shape index (κ1) is 18.9. The van der Waals surface area contributed by atoms with Gasteiger partial charge in [-0.2, -0.15) is 13.2 Å². The molecule has 4 nitrogen and oxygen atoms in total. The lowest BCUT2D eigenvalue weighted by Crippen LogP contribution is -2.32. The quantitative estimate of drug-likeness (QED) is 0.807. The van der Waals surface area contributed by atoms with Crippen LogP contribution < -0.4 is 5.32 Å². The van der Waals surface area contributed by atoms with E-state index in [4.69, 9.17) is 4.74 Å². The molecule has 0 aliphatic rings. The van der Waals surface area contributed by atoms with Crippen LogP contribution in [0.5, 0.6) is 5.75 Å². The monoisotopic (exact) mass is 331 g/mol. The summed E-state index contributed by atoms with van der Waals surface area (Å²) in [5.41, 5.74) is -1.27. The van der Waals surface area contributed by atoms with Crippen molar-refractivity contribution in [3.8, 4) is 5.75 Å². The second kappa shape index (κ2) is 7.39. The molecule has 1 aromatic carbocycles.